The van der Waals surface area contributed by atoms with E-state index in [0.717, 1.165) is 17.6 Å². The number of hydrogen-bond donors (Lipinski definition) is 0. The number of para-hydroxylation sites is 1. The fraction of sp³-hybridized carbons (Fsp3) is 0.409. The molecule has 0 heterocycles. The molecule has 0 saturated heterocycles. The Morgan fingerprint density at radius 1 is 0.962 bits per heavy atom. The molecule has 4 heteroatoms. The molecule has 2 aromatic rings. The molecule has 4 nitrogen and oxygen atoms in total. The van der Waals surface area contributed by atoms with Gasteiger partial charge in [0, 0.05) is 5.56 Å². The minimum atomic E-state index is 0.00894. The first-order chi connectivity index (χ1) is 12.4. The molecule has 0 aromatic heterocycles. The maximum Gasteiger partial charge on any atom is 0.161 e. The zero-order valence-corrected chi connectivity index (χ0v) is 16.3. The Bertz CT molecular complexity index is 744. The van der Waals surface area contributed by atoms with Gasteiger partial charge in [0.15, 0.2) is 11.5 Å². The number of ether oxygens (including phenoxy) is 3. The summed E-state index contributed by atoms with van der Waals surface area (Å²) >= 11 is 0. The van der Waals surface area contributed by atoms with Gasteiger partial charge in [-0.3, -0.25) is 4.79 Å². The van der Waals surface area contributed by atoms with E-state index in [9.17, 15) is 4.79 Å². The van der Waals surface area contributed by atoms with E-state index in [2.05, 4.69) is 45.9 Å². The summed E-state index contributed by atoms with van der Waals surface area (Å²) in [5.74, 6) is 2.11. The molecular weight excluding hydrogens is 328 g/mol. The quantitative estimate of drug-likeness (QED) is 0.495. The van der Waals surface area contributed by atoms with E-state index < -0.39 is 0 Å². The van der Waals surface area contributed by atoms with Crippen LogP contribution < -0.4 is 14.2 Å². The fourth-order valence-corrected chi connectivity index (χ4v) is 2.72. The van der Waals surface area contributed by atoms with Crippen LogP contribution in [0.5, 0.6) is 17.2 Å². The molecule has 140 valence electrons. The van der Waals surface area contributed by atoms with Crippen molar-refractivity contribution in [1.29, 1.82) is 0 Å². The van der Waals surface area contributed by atoms with Crippen molar-refractivity contribution >= 4 is 6.29 Å². The standard InChI is InChI=1S/C22H28O4/c1-6-24-20-14-17(15-23)10-11-19(20)25-12-13-26-21-16(2)8-7-9-18(21)22(3,4)5/h7-11,14-15H,6,12-13H2,1-5H3. The highest BCUT2D eigenvalue weighted by Gasteiger charge is 2.20. The van der Waals surface area contributed by atoms with Crippen LogP contribution in [0.15, 0.2) is 36.4 Å². The normalized spacial score (nSPS) is 11.1. The molecule has 0 spiro atoms. The summed E-state index contributed by atoms with van der Waals surface area (Å²) < 4.78 is 17.4. The van der Waals surface area contributed by atoms with Crippen LogP contribution in [0.2, 0.25) is 0 Å². The molecule has 0 saturated carbocycles. The fourth-order valence-electron chi connectivity index (χ4n) is 2.72. The van der Waals surface area contributed by atoms with Gasteiger partial charge in [-0.15, -0.1) is 0 Å². The van der Waals surface area contributed by atoms with Crippen molar-refractivity contribution in [3.8, 4) is 17.2 Å². The van der Waals surface area contributed by atoms with Gasteiger partial charge in [-0.1, -0.05) is 39.0 Å². The van der Waals surface area contributed by atoms with E-state index >= 15 is 0 Å². The second kappa shape index (κ2) is 8.75. The van der Waals surface area contributed by atoms with Gasteiger partial charge in [-0.05, 0) is 48.6 Å². The number of benzene rings is 2. The lowest BCUT2D eigenvalue weighted by molar-refractivity contribution is 0.112. The molecule has 0 aliphatic rings. The second-order valence-corrected chi connectivity index (χ2v) is 7.16. The monoisotopic (exact) mass is 356 g/mol. The van der Waals surface area contributed by atoms with Gasteiger partial charge in [0.05, 0.1) is 6.61 Å². The Morgan fingerprint density at radius 3 is 2.35 bits per heavy atom. The number of aryl methyl sites for hydroxylation is 1. The Kier molecular flexibility index (Phi) is 6.67. The van der Waals surface area contributed by atoms with Crippen molar-refractivity contribution in [3.05, 3.63) is 53.1 Å². The minimum absolute atomic E-state index is 0.00894. The van der Waals surface area contributed by atoms with Crippen molar-refractivity contribution in [2.75, 3.05) is 19.8 Å². The van der Waals surface area contributed by atoms with Crippen LogP contribution in [0.25, 0.3) is 0 Å². The van der Waals surface area contributed by atoms with Gasteiger partial charge < -0.3 is 14.2 Å². The van der Waals surface area contributed by atoms with E-state index in [4.69, 9.17) is 14.2 Å². The third kappa shape index (κ3) is 5.01. The third-order valence-corrected chi connectivity index (χ3v) is 4.01. The molecule has 2 rings (SSSR count). The SMILES string of the molecule is CCOc1cc(C=O)ccc1OCCOc1c(C)cccc1C(C)(C)C. The Labute approximate surface area is 156 Å². The van der Waals surface area contributed by atoms with Crippen molar-refractivity contribution in [3.63, 3.8) is 0 Å². The van der Waals surface area contributed by atoms with E-state index in [-0.39, 0.29) is 5.41 Å². The van der Waals surface area contributed by atoms with Crippen molar-refractivity contribution in [1.82, 2.24) is 0 Å². The molecule has 0 bridgehead atoms. The summed E-state index contributed by atoms with van der Waals surface area (Å²) in [4.78, 5) is 10.9. The van der Waals surface area contributed by atoms with Crippen LogP contribution in [0.1, 0.15) is 49.2 Å². The van der Waals surface area contributed by atoms with Crippen LogP contribution in [0.3, 0.4) is 0 Å². The molecule has 0 aliphatic heterocycles. The summed E-state index contributed by atoms with van der Waals surface area (Å²) in [7, 11) is 0. The van der Waals surface area contributed by atoms with E-state index in [0.29, 0.717) is 36.9 Å². The largest absolute Gasteiger partial charge is 0.490 e. The zero-order valence-electron chi connectivity index (χ0n) is 16.3. The average molecular weight is 356 g/mol. The molecule has 0 atom stereocenters. The Morgan fingerprint density at radius 2 is 1.69 bits per heavy atom. The molecule has 2 aromatic carbocycles. The summed E-state index contributed by atoms with van der Waals surface area (Å²) in [5.41, 5.74) is 2.87. The number of rotatable bonds is 8. The molecule has 0 fully saturated rings. The molecule has 26 heavy (non-hydrogen) atoms. The van der Waals surface area contributed by atoms with Gasteiger partial charge in [0.25, 0.3) is 0 Å². The van der Waals surface area contributed by atoms with Gasteiger partial charge in [-0.2, -0.15) is 0 Å². The lowest BCUT2D eigenvalue weighted by Gasteiger charge is -2.24. The van der Waals surface area contributed by atoms with Crippen LogP contribution in [0.4, 0.5) is 0 Å². The second-order valence-electron chi connectivity index (χ2n) is 7.16. The van der Waals surface area contributed by atoms with Crippen molar-refractivity contribution < 1.29 is 19.0 Å². The Balaban J connectivity index is 2.03. The molecule has 0 N–H and O–H groups in total. The molecular formula is C22H28O4. The van der Waals surface area contributed by atoms with Gasteiger partial charge in [0.2, 0.25) is 0 Å². The first kappa shape index (κ1) is 19.8. The number of aldehydes is 1. The number of carbonyl (C=O) groups is 1. The molecule has 0 aliphatic carbocycles. The Hall–Kier alpha value is -2.49. The van der Waals surface area contributed by atoms with Gasteiger partial charge in [-0.25, -0.2) is 0 Å². The van der Waals surface area contributed by atoms with Crippen LogP contribution >= 0.6 is 0 Å². The zero-order chi connectivity index (χ0) is 19.2. The minimum Gasteiger partial charge on any atom is -0.490 e. The van der Waals surface area contributed by atoms with Crippen LogP contribution in [-0.2, 0) is 5.41 Å². The summed E-state index contributed by atoms with van der Waals surface area (Å²) in [6.07, 6.45) is 0.793. The van der Waals surface area contributed by atoms with E-state index in [1.54, 1.807) is 18.2 Å². The highest BCUT2D eigenvalue weighted by atomic mass is 16.5. The average Bonchev–Trinajstić information content (AvgIpc) is 2.60. The van der Waals surface area contributed by atoms with E-state index in [1.165, 1.54) is 5.56 Å². The lowest BCUT2D eigenvalue weighted by Crippen LogP contribution is -2.16. The highest BCUT2D eigenvalue weighted by Crippen LogP contribution is 2.34. The first-order valence-corrected chi connectivity index (χ1v) is 8.94. The summed E-state index contributed by atoms with van der Waals surface area (Å²) in [6.45, 7) is 11.8. The number of hydrogen-bond acceptors (Lipinski definition) is 4. The summed E-state index contributed by atoms with van der Waals surface area (Å²) in [6, 6.07) is 11.4. The predicted octanol–water partition coefficient (Wildman–Crippen LogP) is 4.96. The first-order valence-electron chi connectivity index (χ1n) is 8.94. The smallest absolute Gasteiger partial charge is 0.161 e. The predicted molar refractivity (Wildman–Crippen MR) is 104 cm³/mol. The van der Waals surface area contributed by atoms with Crippen molar-refractivity contribution in [2.45, 2.75) is 40.0 Å². The lowest BCUT2D eigenvalue weighted by atomic mass is 9.85. The number of carbonyl (C=O) groups excluding carboxylic acids is 1. The highest BCUT2D eigenvalue weighted by molar-refractivity contribution is 5.76. The third-order valence-electron chi connectivity index (χ3n) is 4.01. The van der Waals surface area contributed by atoms with Gasteiger partial charge >= 0.3 is 0 Å². The van der Waals surface area contributed by atoms with E-state index in [1.807, 2.05) is 6.92 Å². The topological polar surface area (TPSA) is 44.8 Å². The molecule has 0 unspecified atom stereocenters. The van der Waals surface area contributed by atoms with Crippen LogP contribution in [-0.4, -0.2) is 26.1 Å². The maximum absolute atomic E-state index is 10.9. The molecule has 0 amide bonds. The van der Waals surface area contributed by atoms with Crippen molar-refractivity contribution in [2.24, 2.45) is 0 Å². The molecule has 0 radical (unpaired) electrons. The van der Waals surface area contributed by atoms with Crippen LogP contribution in [0, 0.1) is 6.92 Å². The maximum atomic E-state index is 10.9. The summed E-state index contributed by atoms with van der Waals surface area (Å²) in [5, 5.41) is 0. The van der Waals surface area contributed by atoms with Gasteiger partial charge in [0.1, 0.15) is 25.2 Å².